The van der Waals surface area contributed by atoms with Gasteiger partial charge in [0.1, 0.15) is 17.8 Å². The van der Waals surface area contributed by atoms with E-state index in [1.165, 1.54) is 12.3 Å². The van der Waals surface area contributed by atoms with Gasteiger partial charge in [-0.2, -0.15) is 0 Å². The van der Waals surface area contributed by atoms with E-state index < -0.39 is 5.82 Å². The Labute approximate surface area is 85.9 Å². The molecule has 0 aliphatic carbocycles. The zero-order valence-electron chi connectivity index (χ0n) is 7.90. The Morgan fingerprint density at radius 1 is 1.40 bits per heavy atom. The molecule has 1 aromatic carbocycles. The van der Waals surface area contributed by atoms with Crippen LogP contribution >= 0.6 is 0 Å². The molecule has 2 aromatic rings. The van der Waals surface area contributed by atoms with E-state index in [-0.39, 0.29) is 5.69 Å². The van der Waals surface area contributed by atoms with E-state index in [0.29, 0.717) is 12.2 Å². The summed E-state index contributed by atoms with van der Waals surface area (Å²) in [6.07, 6.45) is 1.48. The van der Waals surface area contributed by atoms with Crippen LogP contribution in [-0.2, 0) is 6.54 Å². The van der Waals surface area contributed by atoms with Crippen LogP contribution in [0, 0.1) is 5.82 Å². The van der Waals surface area contributed by atoms with Crippen molar-refractivity contribution in [3.63, 3.8) is 0 Å². The summed E-state index contributed by atoms with van der Waals surface area (Å²) in [5.74, 6) is -0.430. The van der Waals surface area contributed by atoms with Crippen molar-refractivity contribution in [3.05, 3.63) is 42.0 Å². The molecule has 0 radical (unpaired) electrons. The maximum atomic E-state index is 13.0. The molecule has 0 fully saturated rings. The maximum Gasteiger partial charge on any atom is 0.148 e. The van der Waals surface area contributed by atoms with E-state index in [4.69, 9.17) is 5.73 Å². The first kappa shape index (κ1) is 9.51. The smallest absolute Gasteiger partial charge is 0.148 e. The van der Waals surface area contributed by atoms with Crippen LogP contribution in [0.4, 0.5) is 15.8 Å². The van der Waals surface area contributed by atoms with Gasteiger partial charge in [0.25, 0.3) is 0 Å². The number of rotatable bonds is 3. The van der Waals surface area contributed by atoms with Gasteiger partial charge in [-0.05, 0) is 12.1 Å². The van der Waals surface area contributed by atoms with Gasteiger partial charge in [-0.3, -0.25) is 0 Å². The van der Waals surface area contributed by atoms with E-state index in [1.54, 1.807) is 18.2 Å². The van der Waals surface area contributed by atoms with Crippen LogP contribution in [0.5, 0.6) is 0 Å². The largest absolute Gasteiger partial charge is 0.395 e. The van der Waals surface area contributed by atoms with Gasteiger partial charge in [0.05, 0.1) is 17.9 Å². The summed E-state index contributed by atoms with van der Waals surface area (Å²) < 4.78 is 17.7. The molecule has 1 aromatic heterocycles. The topological polar surface area (TPSA) is 64.1 Å². The number of nitrogen functional groups attached to an aromatic ring is 1. The Bertz CT molecular complexity index is 442. The number of aromatic nitrogens is 1. The molecule has 0 amide bonds. The molecule has 0 saturated heterocycles. The van der Waals surface area contributed by atoms with Gasteiger partial charge in [0.2, 0.25) is 0 Å². The molecule has 0 bridgehead atoms. The van der Waals surface area contributed by atoms with Gasteiger partial charge in [-0.1, -0.05) is 11.2 Å². The number of para-hydroxylation sites is 1. The number of nitrogens with two attached hydrogens (primary N) is 1. The van der Waals surface area contributed by atoms with Crippen molar-refractivity contribution in [3.8, 4) is 0 Å². The Hall–Kier alpha value is -2.04. The van der Waals surface area contributed by atoms with E-state index in [0.717, 1.165) is 5.69 Å². The average Bonchev–Trinajstić information content (AvgIpc) is 2.73. The Kier molecular flexibility index (Phi) is 2.53. The second kappa shape index (κ2) is 4.00. The van der Waals surface area contributed by atoms with Gasteiger partial charge >= 0.3 is 0 Å². The highest BCUT2D eigenvalue weighted by atomic mass is 19.1. The minimum atomic E-state index is -0.430. The Balaban J connectivity index is 2.08. The maximum absolute atomic E-state index is 13.0. The molecule has 0 atom stereocenters. The molecular weight excluding hydrogens is 197 g/mol. The van der Waals surface area contributed by atoms with Gasteiger partial charge < -0.3 is 15.6 Å². The molecule has 15 heavy (non-hydrogen) atoms. The molecule has 0 saturated carbocycles. The fraction of sp³-hybridized carbons (Fsp3) is 0.100. The standard InChI is InChI=1S/C10H10FN3O/c11-8-2-1-3-9(10(8)12)13-6-7-4-5-15-14-7/h1-5,13H,6,12H2. The zero-order valence-corrected chi connectivity index (χ0v) is 7.90. The quantitative estimate of drug-likeness (QED) is 0.755. The molecule has 1 heterocycles. The second-order valence-electron chi connectivity index (χ2n) is 3.05. The number of hydrogen-bond donors (Lipinski definition) is 2. The van der Waals surface area contributed by atoms with Crippen LogP contribution < -0.4 is 11.1 Å². The van der Waals surface area contributed by atoms with Crippen molar-refractivity contribution in [2.75, 3.05) is 11.1 Å². The van der Waals surface area contributed by atoms with Crippen LogP contribution in [-0.4, -0.2) is 5.16 Å². The summed E-state index contributed by atoms with van der Waals surface area (Å²) in [5.41, 5.74) is 6.94. The first-order valence-electron chi connectivity index (χ1n) is 4.44. The lowest BCUT2D eigenvalue weighted by molar-refractivity contribution is 0.412. The Morgan fingerprint density at radius 3 is 3.00 bits per heavy atom. The van der Waals surface area contributed by atoms with Crippen molar-refractivity contribution < 1.29 is 8.91 Å². The molecule has 0 aliphatic rings. The summed E-state index contributed by atoms with van der Waals surface area (Å²) >= 11 is 0. The normalized spacial score (nSPS) is 10.2. The number of nitrogens with one attached hydrogen (secondary N) is 1. The van der Waals surface area contributed by atoms with Gasteiger partial charge in [0.15, 0.2) is 0 Å². The summed E-state index contributed by atoms with van der Waals surface area (Å²) in [5, 5.41) is 6.68. The molecule has 2 rings (SSSR count). The summed E-state index contributed by atoms with van der Waals surface area (Å²) in [7, 11) is 0. The molecule has 78 valence electrons. The van der Waals surface area contributed by atoms with Crippen molar-refractivity contribution in [1.82, 2.24) is 5.16 Å². The first-order chi connectivity index (χ1) is 7.27. The predicted molar refractivity (Wildman–Crippen MR) is 54.6 cm³/mol. The van der Waals surface area contributed by atoms with Gasteiger partial charge in [0, 0.05) is 6.07 Å². The lowest BCUT2D eigenvalue weighted by Crippen LogP contribution is -2.03. The lowest BCUT2D eigenvalue weighted by Gasteiger charge is -2.07. The SMILES string of the molecule is Nc1c(F)cccc1NCc1ccon1. The third kappa shape index (κ3) is 2.07. The fourth-order valence-electron chi connectivity index (χ4n) is 1.21. The van der Waals surface area contributed by atoms with Crippen LogP contribution in [0.1, 0.15) is 5.69 Å². The molecule has 4 nitrogen and oxygen atoms in total. The number of nitrogens with zero attached hydrogens (tertiary/aromatic N) is 1. The van der Waals surface area contributed by atoms with Crippen LogP contribution in [0.3, 0.4) is 0 Å². The van der Waals surface area contributed by atoms with E-state index >= 15 is 0 Å². The molecular formula is C10H10FN3O. The van der Waals surface area contributed by atoms with Crippen LogP contribution in [0.2, 0.25) is 0 Å². The van der Waals surface area contributed by atoms with Crippen LogP contribution in [0.25, 0.3) is 0 Å². The third-order valence-corrected chi connectivity index (χ3v) is 2.00. The highest BCUT2D eigenvalue weighted by Gasteiger charge is 2.04. The second-order valence-corrected chi connectivity index (χ2v) is 3.05. The average molecular weight is 207 g/mol. The molecule has 0 spiro atoms. The monoisotopic (exact) mass is 207 g/mol. The van der Waals surface area contributed by atoms with Crippen molar-refractivity contribution in [1.29, 1.82) is 0 Å². The Morgan fingerprint density at radius 2 is 2.27 bits per heavy atom. The number of benzene rings is 1. The predicted octanol–water partition coefficient (Wildman–Crippen LogP) is 2.01. The van der Waals surface area contributed by atoms with Gasteiger partial charge in [-0.15, -0.1) is 0 Å². The molecule has 5 heteroatoms. The van der Waals surface area contributed by atoms with Crippen LogP contribution in [0.15, 0.2) is 35.1 Å². The minimum absolute atomic E-state index is 0.112. The molecule has 3 N–H and O–H groups in total. The molecule has 0 aliphatic heterocycles. The number of halogens is 1. The lowest BCUT2D eigenvalue weighted by atomic mass is 10.2. The zero-order chi connectivity index (χ0) is 10.7. The van der Waals surface area contributed by atoms with Crippen molar-refractivity contribution in [2.24, 2.45) is 0 Å². The number of hydrogen-bond acceptors (Lipinski definition) is 4. The summed E-state index contributed by atoms with van der Waals surface area (Å²) in [6.45, 7) is 0.449. The highest BCUT2D eigenvalue weighted by Crippen LogP contribution is 2.21. The van der Waals surface area contributed by atoms with Crippen molar-refractivity contribution in [2.45, 2.75) is 6.54 Å². The van der Waals surface area contributed by atoms with E-state index in [2.05, 4.69) is 15.0 Å². The first-order valence-corrected chi connectivity index (χ1v) is 4.44. The summed E-state index contributed by atoms with van der Waals surface area (Å²) in [4.78, 5) is 0. The van der Waals surface area contributed by atoms with E-state index in [1.807, 2.05) is 0 Å². The minimum Gasteiger partial charge on any atom is -0.395 e. The highest BCUT2D eigenvalue weighted by molar-refractivity contribution is 5.66. The fourth-order valence-corrected chi connectivity index (χ4v) is 1.21. The third-order valence-electron chi connectivity index (χ3n) is 2.00. The number of anilines is 2. The van der Waals surface area contributed by atoms with Crippen molar-refractivity contribution >= 4 is 11.4 Å². The summed E-state index contributed by atoms with van der Waals surface area (Å²) in [6, 6.07) is 6.34. The van der Waals surface area contributed by atoms with Gasteiger partial charge in [-0.25, -0.2) is 4.39 Å². The molecule has 0 unspecified atom stereocenters. The van der Waals surface area contributed by atoms with E-state index in [9.17, 15) is 4.39 Å².